The molecule has 0 radical (unpaired) electrons. The van der Waals surface area contributed by atoms with E-state index < -0.39 is 0 Å². The summed E-state index contributed by atoms with van der Waals surface area (Å²) in [6.07, 6.45) is 1.65. The lowest BCUT2D eigenvalue weighted by Crippen LogP contribution is -2.11. The van der Waals surface area contributed by atoms with Gasteiger partial charge in [0.2, 0.25) is 0 Å². The van der Waals surface area contributed by atoms with Crippen LogP contribution in [-0.4, -0.2) is 25.7 Å². The molecule has 0 fully saturated rings. The Labute approximate surface area is 173 Å². The number of carbonyl (C=O) groups excluding carboxylic acids is 1. The van der Waals surface area contributed by atoms with Gasteiger partial charge in [0.1, 0.15) is 16.2 Å². The molecule has 29 heavy (non-hydrogen) atoms. The van der Waals surface area contributed by atoms with Crippen molar-refractivity contribution < 1.29 is 4.79 Å². The van der Waals surface area contributed by atoms with E-state index in [9.17, 15) is 4.79 Å². The number of aromatic nitrogens is 4. The summed E-state index contributed by atoms with van der Waals surface area (Å²) in [6.45, 7) is 6.00. The maximum Gasteiger partial charge on any atom is 0.267 e. The SMILES string of the molecule is Cc1ccc(-c2nc(C)c(C(=O)Nc3cccc(-c4nncn4C)c3)s2)c(C)c1. The summed E-state index contributed by atoms with van der Waals surface area (Å²) in [5.41, 5.74) is 5.75. The fourth-order valence-corrected chi connectivity index (χ4v) is 4.30. The van der Waals surface area contributed by atoms with E-state index in [1.54, 1.807) is 6.33 Å². The predicted octanol–water partition coefficient (Wildman–Crippen LogP) is 4.78. The molecule has 0 aliphatic rings. The molecule has 0 saturated heterocycles. The van der Waals surface area contributed by atoms with Gasteiger partial charge in [-0.2, -0.15) is 0 Å². The highest BCUT2D eigenvalue weighted by molar-refractivity contribution is 7.17. The summed E-state index contributed by atoms with van der Waals surface area (Å²) in [6, 6.07) is 13.8. The molecule has 2 aromatic heterocycles. The van der Waals surface area contributed by atoms with Crippen molar-refractivity contribution in [2.75, 3.05) is 5.32 Å². The van der Waals surface area contributed by atoms with Gasteiger partial charge < -0.3 is 9.88 Å². The minimum atomic E-state index is -0.161. The highest BCUT2D eigenvalue weighted by Crippen LogP contribution is 2.31. The van der Waals surface area contributed by atoms with E-state index in [2.05, 4.69) is 52.5 Å². The average Bonchev–Trinajstić information content (AvgIpc) is 3.27. The molecule has 0 saturated carbocycles. The molecule has 2 heterocycles. The summed E-state index contributed by atoms with van der Waals surface area (Å²) in [4.78, 5) is 18.2. The lowest BCUT2D eigenvalue weighted by Gasteiger charge is -2.06. The molecule has 0 atom stereocenters. The molecule has 0 spiro atoms. The number of benzene rings is 2. The van der Waals surface area contributed by atoms with Gasteiger partial charge >= 0.3 is 0 Å². The van der Waals surface area contributed by atoms with E-state index in [1.807, 2.05) is 42.8 Å². The number of rotatable bonds is 4. The van der Waals surface area contributed by atoms with Crippen LogP contribution >= 0.6 is 11.3 Å². The number of hydrogen-bond acceptors (Lipinski definition) is 5. The summed E-state index contributed by atoms with van der Waals surface area (Å²) in [5.74, 6) is 0.582. The Morgan fingerprint density at radius 3 is 2.66 bits per heavy atom. The van der Waals surface area contributed by atoms with E-state index in [0.717, 1.165) is 33.2 Å². The molecule has 0 bridgehead atoms. The molecule has 0 aliphatic carbocycles. The van der Waals surface area contributed by atoms with E-state index in [-0.39, 0.29) is 5.91 Å². The van der Waals surface area contributed by atoms with Crippen molar-refractivity contribution in [3.8, 4) is 22.0 Å². The number of nitrogens with one attached hydrogen (secondary N) is 1. The number of aryl methyl sites for hydroxylation is 4. The van der Waals surface area contributed by atoms with Gasteiger partial charge in [0, 0.05) is 23.9 Å². The monoisotopic (exact) mass is 403 g/mol. The number of hydrogen-bond donors (Lipinski definition) is 1. The van der Waals surface area contributed by atoms with Crippen molar-refractivity contribution in [3.05, 3.63) is 70.5 Å². The molecule has 146 valence electrons. The Hall–Kier alpha value is -3.32. The number of nitrogens with zero attached hydrogens (tertiary/aromatic N) is 4. The smallest absolute Gasteiger partial charge is 0.267 e. The summed E-state index contributed by atoms with van der Waals surface area (Å²) in [5, 5.41) is 11.9. The average molecular weight is 404 g/mol. The van der Waals surface area contributed by atoms with Gasteiger partial charge in [-0.3, -0.25) is 4.79 Å². The van der Waals surface area contributed by atoms with Gasteiger partial charge in [0.05, 0.1) is 5.69 Å². The summed E-state index contributed by atoms with van der Waals surface area (Å²) in [7, 11) is 1.88. The molecule has 4 rings (SSSR count). The van der Waals surface area contributed by atoms with E-state index in [1.165, 1.54) is 16.9 Å². The van der Waals surface area contributed by atoms with Crippen molar-refractivity contribution in [2.24, 2.45) is 7.05 Å². The zero-order valence-electron chi connectivity index (χ0n) is 16.7. The van der Waals surface area contributed by atoms with E-state index in [0.29, 0.717) is 10.6 Å². The van der Waals surface area contributed by atoms with Crippen LogP contribution in [-0.2, 0) is 7.05 Å². The third kappa shape index (κ3) is 3.82. The van der Waals surface area contributed by atoms with E-state index in [4.69, 9.17) is 0 Å². The van der Waals surface area contributed by atoms with Gasteiger partial charge in [0.15, 0.2) is 5.82 Å². The largest absolute Gasteiger partial charge is 0.321 e. The minimum Gasteiger partial charge on any atom is -0.321 e. The van der Waals surface area contributed by atoms with Crippen molar-refractivity contribution in [3.63, 3.8) is 0 Å². The maximum absolute atomic E-state index is 12.9. The van der Waals surface area contributed by atoms with Gasteiger partial charge in [-0.05, 0) is 38.5 Å². The van der Waals surface area contributed by atoms with Crippen LogP contribution in [0, 0.1) is 20.8 Å². The van der Waals surface area contributed by atoms with Crippen molar-refractivity contribution >= 4 is 22.9 Å². The number of amides is 1. The Morgan fingerprint density at radius 2 is 1.93 bits per heavy atom. The Balaban J connectivity index is 1.60. The van der Waals surface area contributed by atoms with Crippen molar-refractivity contribution in [1.82, 2.24) is 19.7 Å². The first-order valence-electron chi connectivity index (χ1n) is 9.23. The third-order valence-corrected chi connectivity index (χ3v) is 5.89. The van der Waals surface area contributed by atoms with Gasteiger partial charge in [0.25, 0.3) is 5.91 Å². The normalized spacial score (nSPS) is 10.9. The van der Waals surface area contributed by atoms with Crippen molar-refractivity contribution in [2.45, 2.75) is 20.8 Å². The van der Waals surface area contributed by atoms with Crippen LogP contribution in [0.25, 0.3) is 22.0 Å². The molecular weight excluding hydrogens is 382 g/mol. The van der Waals surface area contributed by atoms with Crippen LogP contribution in [0.15, 0.2) is 48.8 Å². The second kappa shape index (κ2) is 7.60. The minimum absolute atomic E-state index is 0.161. The molecule has 1 N–H and O–H groups in total. The Morgan fingerprint density at radius 1 is 1.10 bits per heavy atom. The quantitative estimate of drug-likeness (QED) is 0.532. The number of thiazole rings is 1. The molecule has 1 amide bonds. The lowest BCUT2D eigenvalue weighted by atomic mass is 10.1. The topological polar surface area (TPSA) is 72.7 Å². The zero-order valence-corrected chi connectivity index (χ0v) is 17.5. The lowest BCUT2D eigenvalue weighted by molar-refractivity contribution is 0.103. The van der Waals surface area contributed by atoms with Crippen LogP contribution in [0.5, 0.6) is 0 Å². The van der Waals surface area contributed by atoms with Gasteiger partial charge in [-0.1, -0.05) is 35.9 Å². The fourth-order valence-electron chi connectivity index (χ4n) is 3.24. The first-order valence-corrected chi connectivity index (χ1v) is 10.0. The molecule has 4 aromatic rings. The van der Waals surface area contributed by atoms with Gasteiger partial charge in [-0.25, -0.2) is 4.98 Å². The van der Waals surface area contributed by atoms with E-state index >= 15 is 0 Å². The van der Waals surface area contributed by atoms with Crippen LogP contribution in [0.4, 0.5) is 5.69 Å². The zero-order chi connectivity index (χ0) is 20.5. The highest BCUT2D eigenvalue weighted by atomic mass is 32.1. The third-order valence-electron chi connectivity index (χ3n) is 4.71. The maximum atomic E-state index is 12.9. The van der Waals surface area contributed by atoms with Gasteiger partial charge in [-0.15, -0.1) is 21.5 Å². The standard InChI is InChI=1S/C22H21N5OS/c1-13-8-9-18(14(2)10-13)22-24-15(3)19(29-22)21(28)25-17-7-5-6-16(11-17)20-26-23-12-27(20)4/h5-12H,1-4H3,(H,25,28). The first-order chi connectivity index (χ1) is 13.9. The summed E-state index contributed by atoms with van der Waals surface area (Å²) < 4.78 is 1.84. The second-order valence-electron chi connectivity index (χ2n) is 7.05. The first kappa shape index (κ1) is 19.0. The van der Waals surface area contributed by atoms with Crippen molar-refractivity contribution in [1.29, 1.82) is 0 Å². The van der Waals surface area contributed by atoms with Crippen LogP contribution in [0.1, 0.15) is 26.5 Å². The van der Waals surface area contributed by atoms with Crippen LogP contribution < -0.4 is 5.32 Å². The molecule has 0 aliphatic heterocycles. The fraction of sp³-hybridized carbons (Fsp3) is 0.182. The summed E-state index contributed by atoms with van der Waals surface area (Å²) >= 11 is 1.41. The molecule has 0 unspecified atom stereocenters. The second-order valence-corrected chi connectivity index (χ2v) is 8.05. The predicted molar refractivity (Wildman–Crippen MR) is 116 cm³/mol. The molecular formula is C22H21N5OS. The number of anilines is 1. The molecule has 2 aromatic carbocycles. The Bertz CT molecular complexity index is 1210. The number of carbonyl (C=O) groups is 1. The molecule has 6 nitrogen and oxygen atoms in total. The van der Waals surface area contributed by atoms with Crippen LogP contribution in [0.2, 0.25) is 0 Å². The Kier molecular flexibility index (Phi) is 4.98. The highest BCUT2D eigenvalue weighted by Gasteiger charge is 2.18. The van der Waals surface area contributed by atoms with Crippen LogP contribution in [0.3, 0.4) is 0 Å². The molecule has 7 heteroatoms.